The van der Waals surface area contributed by atoms with Crippen LogP contribution in [-0.2, 0) is 17.6 Å². The molecule has 1 aromatic carbocycles. The highest BCUT2D eigenvalue weighted by atomic mass is 16.5. The van der Waals surface area contributed by atoms with Crippen LogP contribution in [0.15, 0.2) is 24.3 Å². The summed E-state index contributed by atoms with van der Waals surface area (Å²) >= 11 is 0. The molecule has 0 aliphatic heterocycles. The molecule has 1 aliphatic carbocycles. The molecule has 0 bridgehead atoms. The Morgan fingerprint density at radius 1 is 1.21 bits per heavy atom. The van der Waals surface area contributed by atoms with Gasteiger partial charge in [-0.05, 0) is 56.7 Å². The van der Waals surface area contributed by atoms with Gasteiger partial charge in [0, 0.05) is 6.04 Å². The summed E-state index contributed by atoms with van der Waals surface area (Å²) in [5.74, 6) is 0.683. The summed E-state index contributed by atoms with van der Waals surface area (Å²) in [6.45, 7) is 8.35. The zero-order chi connectivity index (χ0) is 13.7. The fourth-order valence-electron chi connectivity index (χ4n) is 2.86. The lowest BCUT2D eigenvalue weighted by molar-refractivity contribution is 0.0491. The molecular weight excluding hydrogens is 234 g/mol. The number of fused-ring (bicyclic) bond motifs is 1. The number of hydrogen-bond donors (Lipinski definition) is 1. The van der Waals surface area contributed by atoms with Crippen molar-refractivity contribution in [3.05, 3.63) is 35.4 Å². The second-order valence-corrected chi connectivity index (χ2v) is 5.88. The molecule has 2 heteroatoms. The van der Waals surface area contributed by atoms with E-state index >= 15 is 0 Å². The van der Waals surface area contributed by atoms with Gasteiger partial charge in [-0.15, -0.1) is 0 Å². The fourth-order valence-corrected chi connectivity index (χ4v) is 2.86. The first kappa shape index (κ1) is 14.5. The van der Waals surface area contributed by atoms with E-state index in [0.717, 1.165) is 13.2 Å². The zero-order valence-electron chi connectivity index (χ0n) is 12.5. The molecule has 2 rings (SSSR count). The summed E-state index contributed by atoms with van der Waals surface area (Å²) in [6.07, 6.45) is 3.88. The van der Waals surface area contributed by atoms with E-state index in [1.165, 1.54) is 30.4 Å². The molecule has 1 atom stereocenters. The predicted octanol–water partition coefficient (Wildman–Crippen LogP) is 3.19. The van der Waals surface area contributed by atoms with Crippen molar-refractivity contribution in [3.8, 4) is 0 Å². The van der Waals surface area contributed by atoms with E-state index in [0.29, 0.717) is 18.1 Å². The van der Waals surface area contributed by atoms with E-state index < -0.39 is 0 Å². The molecule has 1 N–H and O–H groups in total. The molecule has 0 saturated carbocycles. The first-order valence-corrected chi connectivity index (χ1v) is 7.62. The number of hydrogen-bond acceptors (Lipinski definition) is 2. The third-order valence-electron chi connectivity index (χ3n) is 3.92. The van der Waals surface area contributed by atoms with Gasteiger partial charge in [0.05, 0.1) is 12.7 Å². The molecule has 0 aromatic heterocycles. The highest BCUT2D eigenvalue weighted by Crippen LogP contribution is 2.29. The van der Waals surface area contributed by atoms with Crippen LogP contribution >= 0.6 is 0 Å². The maximum Gasteiger partial charge on any atom is 0.0626 e. The van der Waals surface area contributed by atoms with Gasteiger partial charge in [0.2, 0.25) is 0 Å². The van der Waals surface area contributed by atoms with Gasteiger partial charge in [-0.25, -0.2) is 0 Å². The Bertz CT molecular complexity index is 364. The molecule has 0 heterocycles. The van der Waals surface area contributed by atoms with Gasteiger partial charge in [-0.1, -0.05) is 31.2 Å². The van der Waals surface area contributed by atoms with Gasteiger partial charge in [-0.2, -0.15) is 0 Å². The Labute approximate surface area is 117 Å². The average molecular weight is 261 g/mol. The Hall–Kier alpha value is -0.860. The molecule has 1 aromatic rings. The number of nitrogens with one attached hydrogen (secondary N) is 1. The van der Waals surface area contributed by atoms with E-state index in [2.05, 4.69) is 50.4 Å². The largest absolute Gasteiger partial charge is 0.377 e. The highest BCUT2D eigenvalue weighted by molar-refractivity contribution is 5.32. The molecule has 0 amide bonds. The van der Waals surface area contributed by atoms with Crippen molar-refractivity contribution < 1.29 is 4.74 Å². The van der Waals surface area contributed by atoms with E-state index in [9.17, 15) is 0 Å². The molecule has 0 spiro atoms. The summed E-state index contributed by atoms with van der Waals surface area (Å²) in [5.41, 5.74) is 3.06. The predicted molar refractivity (Wildman–Crippen MR) is 80.5 cm³/mol. The monoisotopic (exact) mass is 261 g/mol. The van der Waals surface area contributed by atoms with Crippen LogP contribution in [0.5, 0.6) is 0 Å². The maximum absolute atomic E-state index is 5.85. The van der Waals surface area contributed by atoms with Gasteiger partial charge in [0.1, 0.15) is 0 Å². The summed E-state index contributed by atoms with van der Waals surface area (Å²) in [5, 5.41) is 3.68. The van der Waals surface area contributed by atoms with E-state index in [1.54, 1.807) is 0 Å². The fraction of sp³-hybridized carbons (Fsp3) is 0.647. The Morgan fingerprint density at radius 3 is 2.37 bits per heavy atom. The lowest BCUT2D eigenvalue weighted by Gasteiger charge is -2.25. The lowest BCUT2D eigenvalue weighted by atomic mass is 9.97. The Morgan fingerprint density at radius 2 is 1.84 bits per heavy atom. The number of rotatable bonds is 7. The normalized spacial score (nSPS) is 16.8. The quantitative estimate of drug-likeness (QED) is 0.814. The molecule has 106 valence electrons. The summed E-state index contributed by atoms with van der Waals surface area (Å²) in [4.78, 5) is 0. The minimum Gasteiger partial charge on any atom is -0.377 e. The molecule has 1 aliphatic rings. The third kappa shape index (κ3) is 4.05. The Kier molecular flexibility index (Phi) is 5.41. The molecule has 2 nitrogen and oxygen atoms in total. The average Bonchev–Trinajstić information content (AvgIpc) is 2.82. The van der Waals surface area contributed by atoms with Crippen molar-refractivity contribution in [2.45, 2.75) is 52.2 Å². The standard InChI is InChI=1S/C17H27NO/c1-4-9-18-17(12-19-13(2)3)16-10-14-7-5-6-8-15(14)11-16/h5-8,13,16-18H,4,9-12H2,1-3H3. The van der Waals surface area contributed by atoms with Crippen molar-refractivity contribution in [3.63, 3.8) is 0 Å². The minimum atomic E-state index is 0.315. The van der Waals surface area contributed by atoms with Gasteiger partial charge in [0.15, 0.2) is 0 Å². The summed E-state index contributed by atoms with van der Waals surface area (Å²) in [6, 6.07) is 9.33. The van der Waals surface area contributed by atoms with Crippen molar-refractivity contribution >= 4 is 0 Å². The van der Waals surface area contributed by atoms with E-state index in [1.807, 2.05) is 0 Å². The second kappa shape index (κ2) is 7.06. The van der Waals surface area contributed by atoms with Crippen molar-refractivity contribution in [2.75, 3.05) is 13.2 Å². The van der Waals surface area contributed by atoms with Crippen molar-refractivity contribution in [1.29, 1.82) is 0 Å². The first-order valence-electron chi connectivity index (χ1n) is 7.62. The van der Waals surface area contributed by atoms with Gasteiger partial charge >= 0.3 is 0 Å². The first-order chi connectivity index (χ1) is 9.20. The summed E-state index contributed by atoms with van der Waals surface area (Å²) < 4.78 is 5.85. The smallest absolute Gasteiger partial charge is 0.0626 e. The van der Waals surface area contributed by atoms with Gasteiger partial charge in [-0.3, -0.25) is 0 Å². The SMILES string of the molecule is CCCNC(COC(C)C)C1Cc2ccccc2C1. The van der Waals surface area contributed by atoms with Crippen LogP contribution in [0.1, 0.15) is 38.3 Å². The van der Waals surface area contributed by atoms with Crippen LogP contribution in [0.2, 0.25) is 0 Å². The van der Waals surface area contributed by atoms with Crippen LogP contribution in [0.4, 0.5) is 0 Å². The van der Waals surface area contributed by atoms with Gasteiger partial charge < -0.3 is 10.1 Å². The van der Waals surface area contributed by atoms with Crippen LogP contribution in [0.3, 0.4) is 0 Å². The van der Waals surface area contributed by atoms with Crippen LogP contribution in [-0.4, -0.2) is 25.3 Å². The molecule has 19 heavy (non-hydrogen) atoms. The van der Waals surface area contributed by atoms with Crippen LogP contribution in [0.25, 0.3) is 0 Å². The van der Waals surface area contributed by atoms with E-state index in [-0.39, 0.29) is 0 Å². The second-order valence-electron chi connectivity index (χ2n) is 5.88. The highest BCUT2D eigenvalue weighted by Gasteiger charge is 2.28. The van der Waals surface area contributed by atoms with Gasteiger partial charge in [0.25, 0.3) is 0 Å². The Balaban J connectivity index is 1.96. The van der Waals surface area contributed by atoms with Crippen LogP contribution < -0.4 is 5.32 Å². The minimum absolute atomic E-state index is 0.315. The maximum atomic E-state index is 5.85. The zero-order valence-corrected chi connectivity index (χ0v) is 12.5. The molecule has 0 radical (unpaired) electrons. The lowest BCUT2D eigenvalue weighted by Crippen LogP contribution is -2.41. The van der Waals surface area contributed by atoms with E-state index in [4.69, 9.17) is 4.74 Å². The third-order valence-corrected chi connectivity index (χ3v) is 3.92. The molecule has 0 saturated heterocycles. The molecule has 0 fully saturated rings. The number of ether oxygens (including phenoxy) is 1. The number of benzene rings is 1. The molecule has 1 unspecified atom stereocenters. The molecular formula is C17H27NO. The van der Waals surface area contributed by atoms with Crippen molar-refractivity contribution in [2.24, 2.45) is 5.92 Å². The summed E-state index contributed by atoms with van der Waals surface area (Å²) in [7, 11) is 0. The van der Waals surface area contributed by atoms with Crippen molar-refractivity contribution in [1.82, 2.24) is 5.32 Å². The van der Waals surface area contributed by atoms with Crippen LogP contribution in [0, 0.1) is 5.92 Å². The topological polar surface area (TPSA) is 21.3 Å².